The fourth-order valence-corrected chi connectivity index (χ4v) is 2.92. The van der Waals surface area contributed by atoms with E-state index < -0.39 is 0 Å². The van der Waals surface area contributed by atoms with Crippen LogP contribution in [0.3, 0.4) is 0 Å². The van der Waals surface area contributed by atoms with Crippen LogP contribution in [-0.4, -0.2) is 32.6 Å². The van der Waals surface area contributed by atoms with Crippen LogP contribution in [0, 0.1) is 11.3 Å². The summed E-state index contributed by atoms with van der Waals surface area (Å²) in [7, 11) is 0. The molecule has 0 amide bonds. The Morgan fingerprint density at radius 3 is 2.36 bits per heavy atom. The van der Waals surface area contributed by atoms with Crippen LogP contribution in [-0.2, 0) is 0 Å². The number of nitrogens with zero attached hydrogens (tertiary/aromatic N) is 6. The highest BCUT2D eigenvalue weighted by Crippen LogP contribution is 2.22. The minimum atomic E-state index is 0.286. The molecule has 0 bridgehead atoms. The van der Waals surface area contributed by atoms with Gasteiger partial charge >= 0.3 is 0 Å². The van der Waals surface area contributed by atoms with Crippen LogP contribution >= 0.6 is 0 Å². The third-order valence-corrected chi connectivity index (χ3v) is 4.22. The van der Waals surface area contributed by atoms with Crippen LogP contribution in [0.4, 0.5) is 17.3 Å². The number of hydrogen-bond donors (Lipinski definition) is 1. The van der Waals surface area contributed by atoms with Crippen molar-refractivity contribution in [3.8, 4) is 11.8 Å². The van der Waals surface area contributed by atoms with Crippen molar-refractivity contribution < 1.29 is 0 Å². The van der Waals surface area contributed by atoms with E-state index in [0.29, 0.717) is 11.6 Å². The summed E-state index contributed by atoms with van der Waals surface area (Å²) in [5.41, 5.74) is 2.61. The summed E-state index contributed by atoms with van der Waals surface area (Å²) < 4.78 is 1.95. The fourth-order valence-electron chi connectivity index (χ4n) is 2.92. The molecule has 124 valence electrons. The number of imidazole rings is 1. The van der Waals surface area contributed by atoms with E-state index in [1.54, 1.807) is 6.33 Å². The summed E-state index contributed by atoms with van der Waals surface area (Å²) in [6.07, 6.45) is 9.14. The van der Waals surface area contributed by atoms with E-state index in [1.807, 2.05) is 16.8 Å². The standard InChI is InChI=1S/C18H17N7/c19-9-14-10-21-17(11-20-14)23-18-12-25(13-22-18)16-5-3-15(4-6-16)24-7-1-2-8-24/h3-6,10-13H,1-2,7-8H2,(H,21,23). The predicted molar refractivity (Wildman–Crippen MR) is 95.0 cm³/mol. The molecular weight excluding hydrogens is 314 g/mol. The Kier molecular flexibility index (Phi) is 4.01. The number of nitrogens with one attached hydrogen (secondary N) is 1. The molecule has 2 aromatic heterocycles. The second kappa shape index (κ2) is 6.61. The molecular formula is C18H17N7. The lowest BCUT2D eigenvalue weighted by Gasteiger charge is -2.17. The van der Waals surface area contributed by atoms with Crippen molar-refractivity contribution in [3.63, 3.8) is 0 Å². The van der Waals surface area contributed by atoms with Gasteiger partial charge in [0.05, 0.1) is 18.6 Å². The number of rotatable bonds is 4. The Hall–Kier alpha value is -3.40. The molecule has 7 nitrogen and oxygen atoms in total. The molecule has 0 radical (unpaired) electrons. The Morgan fingerprint density at radius 2 is 1.68 bits per heavy atom. The second-order valence-electron chi connectivity index (χ2n) is 5.90. The molecule has 0 saturated carbocycles. The summed E-state index contributed by atoms with van der Waals surface area (Å²) in [5, 5.41) is 11.8. The van der Waals surface area contributed by atoms with Crippen molar-refractivity contribution in [1.82, 2.24) is 19.5 Å². The first kappa shape index (κ1) is 15.1. The largest absolute Gasteiger partial charge is 0.372 e. The molecule has 0 unspecified atom stereocenters. The fraction of sp³-hybridized carbons (Fsp3) is 0.222. The first-order valence-corrected chi connectivity index (χ1v) is 8.20. The molecule has 1 aliphatic heterocycles. The van der Waals surface area contributed by atoms with Gasteiger partial charge in [0.1, 0.15) is 24.0 Å². The topological polar surface area (TPSA) is 82.7 Å². The van der Waals surface area contributed by atoms with Crippen molar-refractivity contribution in [2.24, 2.45) is 0 Å². The van der Waals surface area contributed by atoms with Crippen molar-refractivity contribution in [2.75, 3.05) is 23.3 Å². The van der Waals surface area contributed by atoms with Crippen molar-refractivity contribution >= 4 is 17.3 Å². The zero-order chi connectivity index (χ0) is 17.1. The molecule has 1 aromatic carbocycles. The molecule has 1 fully saturated rings. The SMILES string of the molecule is N#Cc1cnc(Nc2cn(-c3ccc(N4CCCC4)cc3)cn2)cn1. The zero-order valence-electron chi connectivity index (χ0n) is 13.6. The first-order valence-electron chi connectivity index (χ1n) is 8.20. The molecule has 1 N–H and O–H groups in total. The molecule has 25 heavy (non-hydrogen) atoms. The maximum Gasteiger partial charge on any atom is 0.158 e. The minimum absolute atomic E-state index is 0.286. The van der Waals surface area contributed by atoms with E-state index in [1.165, 1.54) is 30.9 Å². The molecule has 0 atom stereocenters. The van der Waals surface area contributed by atoms with Crippen molar-refractivity contribution in [3.05, 3.63) is 54.9 Å². The third-order valence-electron chi connectivity index (χ3n) is 4.22. The van der Waals surface area contributed by atoms with Crippen LogP contribution in [0.25, 0.3) is 5.69 Å². The average Bonchev–Trinajstić information content (AvgIpc) is 3.35. The van der Waals surface area contributed by atoms with E-state index in [0.717, 1.165) is 18.8 Å². The molecule has 1 aliphatic rings. The van der Waals surface area contributed by atoms with Gasteiger partial charge in [-0.3, -0.25) is 0 Å². The van der Waals surface area contributed by atoms with Crippen LogP contribution in [0.5, 0.6) is 0 Å². The number of hydrogen-bond acceptors (Lipinski definition) is 6. The van der Waals surface area contributed by atoms with E-state index in [9.17, 15) is 0 Å². The van der Waals surface area contributed by atoms with Gasteiger partial charge in [-0.1, -0.05) is 0 Å². The van der Waals surface area contributed by atoms with Gasteiger partial charge in [-0.25, -0.2) is 15.0 Å². The summed E-state index contributed by atoms with van der Waals surface area (Å²) in [4.78, 5) is 14.9. The molecule has 0 aliphatic carbocycles. The second-order valence-corrected chi connectivity index (χ2v) is 5.90. The van der Waals surface area contributed by atoms with E-state index in [-0.39, 0.29) is 5.69 Å². The summed E-state index contributed by atoms with van der Waals surface area (Å²) >= 11 is 0. The molecule has 0 spiro atoms. The van der Waals surface area contributed by atoms with Gasteiger partial charge in [0.15, 0.2) is 5.69 Å². The third kappa shape index (κ3) is 3.28. The van der Waals surface area contributed by atoms with Gasteiger partial charge in [0, 0.05) is 24.5 Å². The number of aromatic nitrogens is 4. The lowest BCUT2D eigenvalue weighted by molar-refractivity contribution is 0.949. The number of benzene rings is 1. The quantitative estimate of drug-likeness (QED) is 0.791. The number of nitriles is 1. The van der Waals surface area contributed by atoms with Gasteiger partial charge in [0.2, 0.25) is 0 Å². The van der Waals surface area contributed by atoms with Gasteiger partial charge in [-0.2, -0.15) is 5.26 Å². The number of anilines is 3. The van der Waals surface area contributed by atoms with E-state index in [2.05, 4.69) is 49.4 Å². The summed E-state index contributed by atoms with van der Waals surface area (Å²) in [6, 6.07) is 10.4. The van der Waals surface area contributed by atoms with Gasteiger partial charge in [-0.15, -0.1) is 0 Å². The Bertz CT molecular complexity index is 884. The molecule has 4 rings (SSSR count). The first-order chi connectivity index (χ1) is 12.3. The highest BCUT2D eigenvalue weighted by atomic mass is 15.2. The van der Waals surface area contributed by atoms with Crippen LogP contribution in [0.2, 0.25) is 0 Å². The molecule has 1 saturated heterocycles. The molecule has 3 heterocycles. The Morgan fingerprint density at radius 1 is 0.920 bits per heavy atom. The predicted octanol–water partition coefficient (Wildman–Crippen LogP) is 2.88. The van der Waals surface area contributed by atoms with E-state index >= 15 is 0 Å². The monoisotopic (exact) mass is 331 g/mol. The molecule has 7 heteroatoms. The summed E-state index contributed by atoms with van der Waals surface area (Å²) in [5.74, 6) is 1.22. The summed E-state index contributed by atoms with van der Waals surface area (Å²) in [6.45, 7) is 2.29. The van der Waals surface area contributed by atoms with Gasteiger partial charge < -0.3 is 14.8 Å². The van der Waals surface area contributed by atoms with Crippen molar-refractivity contribution in [1.29, 1.82) is 5.26 Å². The van der Waals surface area contributed by atoms with Gasteiger partial charge in [0.25, 0.3) is 0 Å². The normalized spacial score (nSPS) is 13.6. The maximum absolute atomic E-state index is 8.74. The lowest BCUT2D eigenvalue weighted by atomic mass is 10.2. The van der Waals surface area contributed by atoms with Crippen molar-refractivity contribution in [2.45, 2.75) is 12.8 Å². The minimum Gasteiger partial charge on any atom is -0.372 e. The van der Waals surface area contributed by atoms with E-state index in [4.69, 9.17) is 5.26 Å². The maximum atomic E-state index is 8.74. The highest BCUT2D eigenvalue weighted by molar-refractivity contribution is 5.54. The van der Waals surface area contributed by atoms with Gasteiger partial charge in [-0.05, 0) is 37.1 Å². The average molecular weight is 331 g/mol. The zero-order valence-corrected chi connectivity index (χ0v) is 13.6. The van der Waals surface area contributed by atoms with Crippen LogP contribution in [0.1, 0.15) is 18.5 Å². The van der Waals surface area contributed by atoms with Crippen LogP contribution < -0.4 is 10.2 Å². The Balaban J connectivity index is 1.47. The highest BCUT2D eigenvalue weighted by Gasteiger charge is 2.12. The lowest BCUT2D eigenvalue weighted by Crippen LogP contribution is -2.17. The molecule has 3 aromatic rings. The smallest absolute Gasteiger partial charge is 0.158 e. The van der Waals surface area contributed by atoms with Crippen LogP contribution in [0.15, 0.2) is 49.2 Å². The Labute approximate surface area is 145 Å².